The number of nitrogens with one attached hydrogen (secondary N) is 1. The zero-order chi connectivity index (χ0) is 17.9. The molecule has 0 aliphatic heterocycles. The summed E-state index contributed by atoms with van der Waals surface area (Å²) in [5.41, 5.74) is 2.27. The highest BCUT2D eigenvalue weighted by molar-refractivity contribution is 6.31. The lowest BCUT2D eigenvalue weighted by Gasteiger charge is -2.17. The van der Waals surface area contributed by atoms with Crippen molar-refractivity contribution in [2.24, 2.45) is 0 Å². The maximum atomic E-state index is 6.15. The molecule has 1 N–H and O–H groups in total. The monoisotopic (exact) mass is 360 g/mol. The normalized spacial score (nSPS) is 11.0. The molecule has 0 aliphatic rings. The van der Waals surface area contributed by atoms with E-state index >= 15 is 0 Å². The van der Waals surface area contributed by atoms with Crippen LogP contribution >= 0.6 is 11.6 Å². The number of hydrogen-bond donors (Lipinski definition) is 1. The van der Waals surface area contributed by atoms with Gasteiger partial charge in [0.2, 0.25) is 0 Å². The van der Waals surface area contributed by atoms with Crippen LogP contribution in [0.3, 0.4) is 0 Å². The molecule has 3 nitrogen and oxygen atoms in total. The van der Waals surface area contributed by atoms with Crippen LogP contribution < -0.4 is 10.1 Å². The largest absolute Gasteiger partial charge is 0.489 e. The van der Waals surface area contributed by atoms with Gasteiger partial charge in [0.15, 0.2) is 0 Å². The zero-order valence-electron chi connectivity index (χ0n) is 15.3. The molecule has 0 amide bonds. The molecule has 0 heterocycles. The summed E-state index contributed by atoms with van der Waals surface area (Å²) in [5.74, 6) is 0.866. The Balaban J connectivity index is 1.68. The Labute approximate surface area is 156 Å². The van der Waals surface area contributed by atoms with E-state index in [2.05, 4.69) is 36.2 Å². The van der Waals surface area contributed by atoms with Crippen LogP contribution in [-0.4, -0.2) is 31.1 Å². The Morgan fingerprint density at radius 3 is 2.40 bits per heavy atom. The van der Waals surface area contributed by atoms with E-state index < -0.39 is 0 Å². The molecule has 0 saturated heterocycles. The maximum absolute atomic E-state index is 6.15. The lowest BCUT2D eigenvalue weighted by molar-refractivity contribution is 0.298. The number of ether oxygens (including phenoxy) is 1. The van der Waals surface area contributed by atoms with Gasteiger partial charge in [-0.25, -0.2) is 0 Å². The van der Waals surface area contributed by atoms with Crippen LogP contribution in [-0.2, 0) is 13.2 Å². The molecule has 0 aromatic heterocycles. The second-order valence-electron chi connectivity index (χ2n) is 6.08. The van der Waals surface area contributed by atoms with Crippen molar-refractivity contribution in [2.45, 2.75) is 33.4 Å². The fourth-order valence-corrected chi connectivity index (χ4v) is 2.87. The Kier molecular flexibility index (Phi) is 8.81. The van der Waals surface area contributed by atoms with Crippen LogP contribution in [0.4, 0.5) is 0 Å². The average molecular weight is 361 g/mol. The van der Waals surface area contributed by atoms with Gasteiger partial charge in [-0.1, -0.05) is 55.8 Å². The molecule has 0 saturated carbocycles. The summed E-state index contributed by atoms with van der Waals surface area (Å²) in [6.45, 7) is 10.3. The van der Waals surface area contributed by atoms with E-state index in [-0.39, 0.29) is 0 Å². The smallest absolute Gasteiger partial charge is 0.119 e. The predicted octanol–water partition coefficient (Wildman–Crippen LogP) is 4.74. The van der Waals surface area contributed by atoms with Gasteiger partial charge in [0.1, 0.15) is 12.4 Å². The minimum atomic E-state index is 0.489. The van der Waals surface area contributed by atoms with Crippen LogP contribution in [0.2, 0.25) is 5.02 Å². The first-order valence-corrected chi connectivity index (χ1v) is 9.49. The van der Waals surface area contributed by atoms with Crippen LogP contribution in [0.25, 0.3) is 0 Å². The highest BCUT2D eigenvalue weighted by atomic mass is 35.5. The van der Waals surface area contributed by atoms with Crippen molar-refractivity contribution in [2.75, 3.05) is 26.2 Å². The Morgan fingerprint density at radius 2 is 1.72 bits per heavy atom. The van der Waals surface area contributed by atoms with Crippen molar-refractivity contribution in [3.63, 3.8) is 0 Å². The van der Waals surface area contributed by atoms with Gasteiger partial charge in [-0.3, -0.25) is 0 Å². The quantitative estimate of drug-likeness (QED) is 0.586. The molecular formula is C21H29ClN2O. The SMILES string of the molecule is CCN(CC)CCCNCc1ccc(OCc2ccccc2Cl)cc1. The summed E-state index contributed by atoms with van der Waals surface area (Å²) < 4.78 is 5.81. The summed E-state index contributed by atoms with van der Waals surface area (Å²) in [6.07, 6.45) is 1.18. The lowest BCUT2D eigenvalue weighted by Crippen LogP contribution is -2.27. The summed E-state index contributed by atoms with van der Waals surface area (Å²) in [4.78, 5) is 2.45. The molecule has 0 atom stereocenters. The molecule has 0 spiro atoms. The number of hydrogen-bond acceptors (Lipinski definition) is 3. The summed E-state index contributed by atoms with van der Waals surface area (Å²) >= 11 is 6.15. The third kappa shape index (κ3) is 7.07. The highest BCUT2D eigenvalue weighted by Crippen LogP contribution is 2.19. The van der Waals surface area contributed by atoms with Crippen molar-refractivity contribution >= 4 is 11.6 Å². The van der Waals surface area contributed by atoms with Crippen LogP contribution in [0, 0.1) is 0 Å². The van der Waals surface area contributed by atoms with Gasteiger partial charge in [0.05, 0.1) is 0 Å². The third-order valence-corrected chi connectivity index (χ3v) is 4.70. The number of rotatable bonds is 11. The van der Waals surface area contributed by atoms with E-state index in [0.717, 1.165) is 49.1 Å². The van der Waals surface area contributed by atoms with Gasteiger partial charge in [0, 0.05) is 17.1 Å². The predicted molar refractivity (Wildman–Crippen MR) is 106 cm³/mol. The third-order valence-electron chi connectivity index (χ3n) is 4.33. The Bertz CT molecular complexity index is 612. The summed E-state index contributed by atoms with van der Waals surface area (Å²) in [6, 6.07) is 16.0. The fourth-order valence-electron chi connectivity index (χ4n) is 2.68. The number of nitrogens with zero attached hydrogens (tertiary/aromatic N) is 1. The second-order valence-corrected chi connectivity index (χ2v) is 6.49. The zero-order valence-corrected chi connectivity index (χ0v) is 16.1. The van der Waals surface area contributed by atoms with Gasteiger partial charge in [-0.05, 0) is 56.4 Å². The minimum Gasteiger partial charge on any atom is -0.489 e. The van der Waals surface area contributed by atoms with Gasteiger partial charge in [-0.15, -0.1) is 0 Å². The van der Waals surface area contributed by atoms with Crippen LogP contribution in [0.5, 0.6) is 5.75 Å². The van der Waals surface area contributed by atoms with Crippen molar-refractivity contribution in [3.05, 3.63) is 64.7 Å². The van der Waals surface area contributed by atoms with E-state index in [1.54, 1.807) is 0 Å². The molecule has 25 heavy (non-hydrogen) atoms. The first kappa shape index (κ1) is 19.8. The minimum absolute atomic E-state index is 0.489. The summed E-state index contributed by atoms with van der Waals surface area (Å²) in [7, 11) is 0. The topological polar surface area (TPSA) is 24.5 Å². The van der Waals surface area contributed by atoms with Gasteiger partial charge >= 0.3 is 0 Å². The Morgan fingerprint density at radius 1 is 1.00 bits per heavy atom. The molecule has 0 unspecified atom stereocenters. The number of halogens is 1. The maximum Gasteiger partial charge on any atom is 0.119 e. The van der Waals surface area contributed by atoms with E-state index in [4.69, 9.17) is 16.3 Å². The second kappa shape index (κ2) is 11.1. The first-order chi connectivity index (χ1) is 12.2. The fraction of sp³-hybridized carbons (Fsp3) is 0.429. The first-order valence-electron chi connectivity index (χ1n) is 9.11. The molecular weight excluding hydrogens is 332 g/mol. The van der Waals surface area contributed by atoms with E-state index in [1.165, 1.54) is 12.0 Å². The molecule has 2 rings (SSSR count). The average Bonchev–Trinajstić information content (AvgIpc) is 2.65. The van der Waals surface area contributed by atoms with Gasteiger partial charge in [0.25, 0.3) is 0 Å². The van der Waals surface area contributed by atoms with E-state index in [1.807, 2.05) is 36.4 Å². The number of benzene rings is 2. The van der Waals surface area contributed by atoms with E-state index in [0.29, 0.717) is 6.61 Å². The van der Waals surface area contributed by atoms with Crippen LogP contribution in [0.15, 0.2) is 48.5 Å². The summed E-state index contributed by atoms with van der Waals surface area (Å²) in [5, 5.41) is 4.25. The van der Waals surface area contributed by atoms with Gasteiger partial charge < -0.3 is 15.0 Å². The van der Waals surface area contributed by atoms with Gasteiger partial charge in [-0.2, -0.15) is 0 Å². The molecule has 0 bridgehead atoms. The molecule has 2 aromatic carbocycles. The van der Waals surface area contributed by atoms with Crippen LogP contribution in [0.1, 0.15) is 31.4 Å². The van der Waals surface area contributed by atoms with Crippen molar-refractivity contribution in [1.29, 1.82) is 0 Å². The standard InChI is InChI=1S/C21H29ClN2O/c1-3-24(4-2)15-7-14-23-16-18-10-12-20(13-11-18)25-17-19-8-5-6-9-21(19)22/h5-6,8-13,23H,3-4,7,14-17H2,1-2H3. The van der Waals surface area contributed by atoms with Crippen molar-refractivity contribution < 1.29 is 4.74 Å². The molecule has 2 aromatic rings. The van der Waals surface area contributed by atoms with Crippen molar-refractivity contribution in [3.8, 4) is 5.75 Å². The highest BCUT2D eigenvalue weighted by Gasteiger charge is 2.01. The molecule has 0 radical (unpaired) electrons. The van der Waals surface area contributed by atoms with Crippen molar-refractivity contribution in [1.82, 2.24) is 10.2 Å². The molecule has 4 heteroatoms. The van der Waals surface area contributed by atoms with E-state index in [9.17, 15) is 0 Å². The Hall–Kier alpha value is -1.55. The molecule has 136 valence electrons. The molecule has 0 fully saturated rings. The molecule has 0 aliphatic carbocycles. The lowest BCUT2D eigenvalue weighted by atomic mass is 10.2.